The molecule has 1 amide bonds. The minimum absolute atomic E-state index is 0.104. The van der Waals surface area contributed by atoms with E-state index in [9.17, 15) is 4.79 Å². The normalized spacial score (nSPS) is 13.8. The Labute approximate surface area is 111 Å². The smallest absolute Gasteiger partial charge is 0.258 e. The maximum atomic E-state index is 12.4. The minimum Gasteiger partial charge on any atom is -0.303 e. The lowest BCUT2D eigenvalue weighted by molar-refractivity contribution is 0.0996. The fourth-order valence-electron chi connectivity index (χ4n) is 2.30. The molecule has 0 radical (unpaired) electrons. The fourth-order valence-corrected chi connectivity index (χ4v) is 2.90. The summed E-state index contributed by atoms with van der Waals surface area (Å²) in [6, 6.07) is 15.9. The van der Waals surface area contributed by atoms with Gasteiger partial charge in [-0.2, -0.15) is 0 Å². The third kappa shape index (κ3) is 1.71. The molecule has 0 saturated carbocycles. The highest BCUT2D eigenvalue weighted by atomic mass is 32.2. The van der Waals surface area contributed by atoms with Crippen LogP contribution < -0.4 is 4.90 Å². The Kier molecular flexibility index (Phi) is 2.84. The van der Waals surface area contributed by atoms with Gasteiger partial charge in [-0.1, -0.05) is 30.3 Å². The summed E-state index contributed by atoms with van der Waals surface area (Å²) in [4.78, 5) is 15.4. The third-order valence-corrected chi connectivity index (χ3v) is 3.98. The number of carbonyl (C=O) groups excluding carboxylic acids is 1. The van der Waals surface area contributed by atoms with Gasteiger partial charge in [0.25, 0.3) is 5.91 Å². The molecule has 2 nitrogen and oxygen atoms in total. The molecular formula is C15H13NOS. The number of hydrogen-bond acceptors (Lipinski definition) is 2. The monoisotopic (exact) mass is 255 g/mol. The van der Waals surface area contributed by atoms with Gasteiger partial charge in [0, 0.05) is 10.5 Å². The Balaban J connectivity index is 2.04. The Morgan fingerprint density at radius 1 is 1.06 bits per heavy atom. The zero-order valence-electron chi connectivity index (χ0n) is 10.1. The topological polar surface area (TPSA) is 20.3 Å². The molecule has 2 aromatic carbocycles. The molecule has 18 heavy (non-hydrogen) atoms. The molecular weight excluding hydrogens is 242 g/mol. The maximum absolute atomic E-state index is 12.4. The van der Waals surface area contributed by atoms with Crippen LogP contribution in [0.1, 0.15) is 15.9 Å². The minimum atomic E-state index is 0.104. The number of amides is 1. The van der Waals surface area contributed by atoms with E-state index < -0.39 is 0 Å². The maximum Gasteiger partial charge on any atom is 0.258 e. The van der Waals surface area contributed by atoms with Crippen LogP contribution in [0, 0.1) is 0 Å². The van der Waals surface area contributed by atoms with Gasteiger partial charge in [-0.25, -0.2) is 0 Å². The Morgan fingerprint density at radius 3 is 2.56 bits per heavy atom. The molecule has 1 aliphatic rings. The van der Waals surface area contributed by atoms with E-state index in [1.54, 1.807) is 11.8 Å². The first kappa shape index (κ1) is 11.4. The second-order valence-electron chi connectivity index (χ2n) is 4.22. The average molecular weight is 255 g/mol. The fraction of sp³-hybridized carbons (Fsp3) is 0.133. The molecule has 0 fully saturated rings. The highest BCUT2D eigenvalue weighted by Crippen LogP contribution is 2.34. The molecule has 0 unspecified atom stereocenters. The summed E-state index contributed by atoms with van der Waals surface area (Å²) in [5.41, 5.74) is 2.94. The number of nitrogens with zero attached hydrogens (tertiary/aromatic N) is 1. The third-order valence-electron chi connectivity index (χ3n) is 3.20. The van der Waals surface area contributed by atoms with Crippen molar-refractivity contribution in [2.24, 2.45) is 0 Å². The zero-order valence-corrected chi connectivity index (χ0v) is 10.9. The average Bonchev–Trinajstić information content (AvgIpc) is 2.76. The number of thioether (sulfide) groups is 1. The summed E-state index contributed by atoms with van der Waals surface area (Å²) >= 11 is 1.67. The predicted octanol–water partition coefficient (Wildman–Crippen LogP) is 3.57. The number of rotatable bonds is 2. The van der Waals surface area contributed by atoms with Gasteiger partial charge in [0.05, 0.1) is 12.2 Å². The lowest BCUT2D eigenvalue weighted by atomic mass is 10.1. The summed E-state index contributed by atoms with van der Waals surface area (Å²) in [5.74, 6) is 0.104. The second-order valence-corrected chi connectivity index (χ2v) is 5.07. The van der Waals surface area contributed by atoms with Crippen LogP contribution in [0.15, 0.2) is 53.4 Å². The summed E-state index contributed by atoms with van der Waals surface area (Å²) in [7, 11) is 0. The molecule has 3 heteroatoms. The van der Waals surface area contributed by atoms with Gasteiger partial charge in [-0.3, -0.25) is 4.79 Å². The summed E-state index contributed by atoms with van der Waals surface area (Å²) in [5, 5.41) is 0. The van der Waals surface area contributed by atoms with E-state index in [1.165, 1.54) is 0 Å². The van der Waals surface area contributed by atoms with Crippen LogP contribution in [0.2, 0.25) is 0 Å². The standard InChI is InChI=1S/C15H13NOS/c1-18-14-9-5-4-8-13(14)16-10-11-6-2-3-7-12(11)15(16)17/h2-9H,10H2,1H3. The van der Waals surface area contributed by atoms with Crippen LogP contribution in [0.3, 0.4) is 0 Å². The number of anilines is 1. The van der Waals surface area contributed by atoms with Gasteiger partial charge < -0.3 is 4.90 Å². The Hall–Kier alpha value is -1.74. The van der Waals surface area contributed by atoms with Crippen LogP contribution in [0.4, 0.5) is 5.69 Å². The molecule has 3 rings (SSSR count). The number of carbonyl (C=O) groups is 1. The van der Waals surface area contributed by atoms with Crippen molar-refractivity contribution in [2.45, 2.75) is 11.4 Å². The van der Waals surface area contributed by atoms with Crippen molar-refractivity contribution < 1.29 is 4.79 Å². The van der Waals surface area contributed by atoms with Crippen LogP contribution in [-0.4, -0.2) is 12.2 Å². The molecule has 0 aromatic heterocycles. The van der Waals surface area contributed by atoms with Gasteiger partial charge in [-0.15, -0.1) is 11.8 Å². The van der Waals surface area contributed by atoms with Crippen molar-refractivity contribution in [3.05, 3.63) is 59.7 Å². The number of fused-ring (bicyclic) bond motifs is 1. The predicted molar refractivity (Wildman–Crippen MR) is 75.2 cm³/mol. The summed E-state index contributed by atoms with van der Waals surface area (Å²) < 4.78 is 0. The van der Waals surface area contributed by atoms with E-state index in [1.807, 2.05) is 53.6 Å². The number of para-hydroxylation sites is 1. The molecule has 0 bridgehead atoms. The van der Waals surface area contributed by atoms with Gasteiger partial charge in [0.15, 0.2) is 0 Å². The van der Waals surface area contributed by atoms with Gasteiger partial charge in [0.2, 0.25) is 0 Å². The second kappa shape index (κ2) is 4.50. The van der Waals surface area contributed by atoms with Gasteiger partial charge in [0.1, 0.15) is 0 Å². The molecule has 0 aliphatic carbocycles. The van der Waals surface area contributed by atoms with Crippen LogP contribution >= 0.6 is 11.8 Å². The lowest BCUT2D eigenvalue weighted by Crippen LogP contribution is -2.23. The number of hydrogen-bond donors (Lipinski definition) is 0. The van der Waals surface area contributed by atoms with E-state index >= 15 is 0 Å². The lowest BCUT2D eigenvalue weighted by Gasteiger charge is -2.18. The summed E-state index contributed by atoms with van der Waals surface area (Å²) in [6.07, 6.45) is 2.03. The molecule has 0 saturated heterocycles. The van der Waals surface area contributed by atoms with Crippen molar-refractivity contribution in [2.75, 3.05) is 11.2 Å². The highest BCUT2D eigenvalue weighted by Gasteiger charge is 2.28. The first-order valence-corrected chi connectivity index (χ1v) is 7.06. The van der Waals surface area contributed by atoms with Gasteiger partial charge in [-0.05, 0) is 30.0 Å². The van der Waals surface area contributed by atoms with Crippen LogP contribution in [0.5, 0.6) is 0 Å². The molecule has 2 aromatic rings. The van der Waals surface area contributed by atoms with Crippen molar-refractivity contribution in [1.29, 1.82) is 0 Å². The Bertz CT molecular complexity index is 609. The van der Waals surface area contributed by atoms with Crippen molar-refractivity contribution in [3.63, 3.8) is 0 Å². The van der Waals surface area contributed by atoms with E-state index in [0.29, 0.717) is 6.54 Å². The van der Waals surface area contributed by atoms with E-state index in [0.717, 1.165) is 21.7 Å². The zero-order chi connectivity index (χ0) is 12.5. The van der Waals surface area contributed by atoms with Crippen molar-refractivity contribution in [1.82, 2.24) is 0 Å². The molecule has 0 N–H and O–H groups in total. The molecule has 0 spiro atoms. The molecule has 0 atom stereocenters. The first-order valence-electron chi connectivity index (χ1n) is 5.84. The van der Waals surface area contributed by atoms with Crippen molar-refractivity contribution in [3.8, 4) is 0 Å². The van der Waals surface area contributed by atoms with E-state index in [-0.39, 0.29) is 5.91 Å². The van der Waals surface area contributed by atoms with Crippen molar-refractivity contribution >= 4 is 23.4 Å². The molecule has 1 aliphatic heterocycles. The number of benzene rings is 2. The summed E-state index contributed by atoms with van der Waals surface area (Å²) in [6.45, 7) is 0.673. The van der Waals surface area contributed by atoms with Crippen LogP contribution in [0.25, 0.3) is 0 Å². The molecule has 1 heterocycles. The Morgan fingerprint density at radius 2 is 1.78 bits per heavy atom. The largest absolute Gasteiger partial charge is 0.303 e. The first-order chi connectivity index (χ1) is 8.81. The highest BCUT2D eigenvalue weighted by molar-refractivity contribution is 7.98. The van der Waals surface area contributed by atoms with E-state index in [4.69, 9.17) is 0 Å². The quantitative estimate of drug-likeness (QED) is 0.765. The SMILES string of the molecule is CSc1ccccc1N1Cc2ccccc2C1=O. The van der Waals surface area contributed by atoms with Crippen LogP contribution in [-0.2, 0) is 6.54 Å². The molecule has 90 valence electrons. The van der Waals surface area contributed by atoms with Gasteiger partial charge >= 0.3 is 0 Å². The van der Waals surface area contributed by atoms with E-state index in [2.05, 4.69) is 6.07 Å².